The predicted octanol–water partition coefficient (Wildman–Crippen LogP) is 3.46. The molecule has 6 heteroatoms. The van der Waals surface area contributed by atoms with Crippen LogP contribution in [0, 0.1) is 26.6 Å². The zero-order valence-corrected chi connectivity index (χ0v) is 14.9. The molecule has 0 spiro atoms. The van der Waals surface area contributed by atoms with Gasteiger partial charge in [0.05, 0.1) is 18.8 Å². The Hall–Kier alpha value is -1.95. The average Bonchev–Trinajstić information content (AvgIpc) is 2.84. The lowest BCUT2D eigenvalue weighted by molar-refractivity contribution is 0.616. The standard InChI is InChI=1S/C17H23FN4S/c1-5-19-17(21-10-16-22-12(3)13(4)23-16)20-9-14-7-6-11(2)15(18)8-14/h6-8H,5,9-10H2,1-4H3,(H2,19,20,21). The zero-order valence-electron chi connectivity index (χ0n) is 14.0. The predicted molar refractivity (Wildman–Crippen MR) is 94.4 cm³/mol. The Labute approximate surface area is 140 Å². The molecule has 2 rings (SSSR count). The van der Waals surface area contributed by atoms with E-state index in [9.17, 15) is 4.39 Å². The normalized spacial score (nSPS) is 11.6. The molecule has 23 heavy (non-hydrogen) atoms. The van der Waals surface area contributed by atoms with Crippen molar-refractivity contribution < 1.29 is 4.39 Å². The third kappa shape index (κ3) is 5.03. The van der Waals surface area contributed by atoms with Crippen LogP contribution >= 0.6 is 11.3 Å². The van der Waals surface area contributed by atoms with E-state index in [1.54, 1.807) is 24.3 Å². The highest BCUT2D eigenvalue weighted by Gasteiger charge is 2.05. The van der Waals surface area contributed by atoms with Crippen LogP contribution < -0.4 is 10.6 Å². The summed E-state index contributed by atoms with van der Waals surface area (Å²) >= 11 is 1.69. The first-order chi connectivity index (χ1) is 11.0. The van der Waals surface area contributed by atoms with Crippen molar-refractivity contribution in [3.63, 3.8) is 0 Å². The van der Waals surface area contributed by atoms with Crippen LogP contribution in [0.4, 0.5) is 4.39 Å². The summed E-state index contributed by atoms with van der Waals surface area (Å²) in [6, 6.07) is 5.22. The minimum atomic E-state index is -0.190. The molecular weight excluding hydrogens is 311 g/mol. The number of aromatic nitrogens is 1. The smallest absolute Gasteiger partial charge is 0.191 e. The molecule has 2 N–H and O–H groups in total. The second-order valence-electron chi connectivity index (χ2n) is 5.38. The molecular formula is C17H23FN4S. The molecule has 0 unspecified atom stereocenters. The Morgan fingerprint density at radius 2 is 2.04 bits per heavy atom. The molecule has 2 aromatic rings. The Morgan fingerprint density at radius 3 is 2.65 bits per heavy atom. The van der Waals surface area contributed by atoms with Gasteiger partial charge in [-0.25, -0.2) is 14.4 Å². The lowest BCUT2D eigenvalue weighted by Crippen LogP contribution is -2.36. The van der Waals surface area contributed by atoms with Crippen molar-refractivity contribution in [1.29, 1.82) is 0 Å². The van der Waals surface area contributed by atoms with Gasteiger partial charge in [-0.15, -0.1) is 11.3 Å². The molecule has 1 heterocycles. The van der Waals surface area contributed by atoms with Crippen LogP contribution in [0.5, 0.6) is 0 Å². The minimum Gasteiger partial charge on any atom is -0.357 e. The highest BCUT2D eigenvalue weighted by molar-refractivity contribution is 7.11. The Bertz CT molecular complexity index is 674. The van der Waals surface area contributed by atoms with Gasteiger partial charge in [-0.1, -0.05) is 12.1 Å². The summed E-state index contributed by atoms with van der Waals surface area (Å²) in [5.41, 5.74) is 2.58. The number of benzene rings is 1. The number of aliphatic imine (C=N–C) groups is 1. The van der Waals surface area contributed by atoms with Gasteiger partial charge in [0.1, 0.15) is 10.8 Å². The largest absolute Gasteiger partial charge is 0.357 e. The van der Waals surface area contributed by atoms with E-state index in [-0.39, 0.29) is 5.82 Å². The van der Waals surface area contributed by atoms with E-state index in [1.807, 2.05) is 19.9 Å². The minimum absolute atomic E-state index is 0.190. The van der Waals surface area contributed by atoms with Gasteiger partial charge in [0.15, 0.2) is 5.96 Å². The number of guanidine groups is 1. The fourth-order valence-electron chi connectivity index (χ4n) is 2.02. The van der Waals surface area contributed by atoms with Gasteiger partial charge >= 0.3 is 0 Å². The van der Waals surface area contributed by atoms with Crippen molar-refractivity contribution >= 4 is 17.3 Å². The molecule has 0 amide bonds. The van der Waals surface area contributed by atoms with Gasteiger partial charge in [-0.2, -0.15) is 0 Å². The van der Waals surface area contributed by atoms with Gasteiger partial charge < -0.3 is 10.6 Å². The first-order valence-corrected chi connectivity index (χ1v) is 8.51. The number of nitrogens with zero attached hydrogens (tertiary/aromatic N) is 2. The molecule has 0 saturated carbocycles. The summed E-state index contributed by atoms with van der Waals surface area (Å²) < 4.78 is 13.6. The van der Waals surface area contributed by atoms with Crippen LogP contribution in [0.15, 0.2) is 23.2 Å². The molecule has 0 saturated heterocycles. The molecule has 1 aromatic heterocycles. The average molecular weight is 334 g/mol. The van der Waals surface area contributed by atoms with E-state index >= 15 is 0 Å². The van der Waals surface area contributed by atoms with Gasteiger partial charge in [-0.05, 0) is 44.9 Å². The SMILES string of the molecule is CCNC(=NCc1ccc(C)c(F)c1)NCc1nc(C)c(C)s1. The Kier molecular flexibility index (Phi) is 6.10. The number of rotatable bonds is 5. The van der Waals surface area contributed by atoms with Gasteiger partial charge in [0.2, 0.25) is 0 Å². The maximum Gasteiger partial charge on any atom is 0.191 e. The van der Waals surface area contributed by atoms with Crippen molar-refractivity contribution in [3.8, 4) is 0 Å². The summed E-state index contributed by atoms with van der Waals surface area (Å²) in [6.45, 7) is 9.69. The van der Waals surface area contributed by atoms with E-state index in [0.717, 1.165) is 22.8 Å². The highest BCUT2D eigenvalue weighted by atomic mass is 32.1. The summed E-state index contributed by atoms with van der Waals surface area (Å²) in [6.07, 6.45) is 0. The second-order valence-corrected chi connectivity index (χ2v) is 6.67. The summed E-state index contributed by atoms with van der Waals surface area (Å²) in [5, 5.41) is 7.49. The number of thiazole rings is 1. The molecule has 0 aliphatic carbocycles. The third-order valence-corrected chi connectivity index (χ3v) is 4.55. The Balaban J connectivity index is 2.00. The summed E-state index contributed by atoms with van der Waals surface area (Å²) in [4.78, 5) is 10.2. The Morgan fingerprint density at radius 1 is 1.26 bits per heavy atom. The molecule has 0 atom stereocenters. The lowest BCUT2D eigenvalue weighted by Gasteiger charge is -2.10. The van der Waals surface area contributed by atoms with E-state index < -0.39 is 0 Å². The highest BCUT2D eigenvalue weighted by Crippen LogP contribution is 2.16. The molecule has 0 bridgehead atoms. The van der Waals surface area contributed by atoms with Crippen LogP contribution in [-0.2, 0) is 13.1 Å². The quantitative estimate of drug-likeness (QED) is 0.650. The van der Waals surface area contributed by atoms with Crippen molar-refractivity contribution in [2.24, 2.45) is 4.99 Å². The first kappa shape index (κ1) is 17.4. The maximum absolute atomic E-state index is 13.6. The molecule has 0 radical (unpaired) electrons. The number of halogens is 1. The van der Waals surface area contributed by atoms with E-state index in [0.29, 0.717) is 24.6 Å². The van der Waals surface area contributed by atoms with Gasteiger partial charge in [0.25, 0.3) is 0 Å². The van der Waals surface area contributed by atoms with Gasteiger partial charge in [0, 0.05) is 11.4 Å². The van der Waals surface area contributed by atoms with Crippen molar-refractivity contribution in [2.75, 3.05) is 6.54 Å². The number of hydrogen-bond acceptors (Lipinski definition) is 3. The molecule has 0 aliphatic heterocycles. The molecule has 0 fully saturated rings. The number of nitrogens with one attached hydrogen (secondary N) is 2. The fourth-order valence-corrected chi connectivity index (χ4v) is 2.89. The lowest BCUT2D eigenvalue weighted by atomic mass is 10.1. The van der Waals surface area contributed by atoms with E-state index in [2.05, 4.69) is 27.5 Å². The molecule has 124 valence electrons. The van der Waals surface area contributed by atoms with E-state index in [4.69, 9.17) is 0 Å². The first-order valence-electron chi connectivity index (χ1n) is 7.69. The second kappa shape index (κ2) is 8.06. The maximum atomic E-state index is 13.6. The summed E-state index contributed by atoms with van der Waals surface area (Å²) in [7, 11) is 0. The molecule has 0 aliphatic rings. The molecule has 4 nitrogen and oxygen atoms in total. The van der Waals surface area contributed by atoms with Crippen LogP contribution in [-0.4, -0.2) is 17.5 Å². The van der Waals surface area contributed by atoms with Crippen LogP contribution in [0.3, 0.4) is 0 Å². The zero-order chi connectivity index (χ0) is 16.8. The number of hydrogen-bond donors (Lipinski definition) is 2. The van der Waals surface area contributed by atoms with E-state index in [1.165, 1.54) is 10.9 Å². The van der Waals surface area contributed by atoms with Crippen molar-refractivity contribution in [2.45, 2.75) is 40.8 Å². The van der Waals surface area contributed by atoms with Gasteiger partial charge in [-0.3, -0.25) is 0 Å². The topological polar surface area (TPSA) is 49.3 Å². The van der Waals surface area contributed by atoms with Crippen LogP contribution in [0.1, 0.15) is 33.6 Å². The van der Waals surface area contributed by atoms with Crippen molar-refractivity contribution in [1.82, 2.24) is 15.6 Å². The van der Waals surface area contributed by atoms with Crippen LogP contribution in [0.2, 0.25) is 0 Å². The third-order valence-electron chi connectivity index (χ3n) is 3.48. The monoisotopic (exact) mass is 334 g/mol. The van der Waals surface area contributed by atoms with Crippen molar-refractivity contribution in [3.05, 3.63) is 50.7 Å². The summed E-state index contributed by atoms with van der Waals surface area (Å²) in [5.74, 6) is 0.517. The fraction of sp³-hybridized carbons (Fsp3) is 0.412. The van der Waals surface area contributed by atoms with Crippen LogP contribution in [0.25, 0.3) is 0 Å². The molecule has 1 aromatic carbocycles. The number of aryl methyl sites for hydroxylation is 3.